The Balaban J connectivity index is 2.31. The molecule has 0 spiro atoms. The number of amides is 1. The first-order chi connectivity index (χ1) is 7.78. The fourth-order valence-corrected chi connectivity index (χ4v) is 1.61. The van der Waals surface area contributed by atoms with Gasteiger partial charge in [-0.3, -0.25) is 4.79 Å². The summed E-state index contributed by atoms with van der Waals surface area (Å²) in [6, 6.07) is 0. The lowest BCUT2D eigenvalue weighted by Crippen LogP contribution is -2.40. The number of piperidine rings is 1. The quantitative estimate of drug-likeness (QED) is 0.734. The molecule has 1 heterocycles. The Bertz CT molecular complexity index is 290. The number of ether oxygens (including phenoxy) is 1. The molecule has 1 aliphatic heterocycles. The van der Waals surface area contributed by atoms with Gasteiger partial charge in [0.25, 0.3) is 0 Å². The number of hydrogen-bond donors (Lipinski definition) is 1. The molecule has 1 fully saturated rings. The fraction of sp³-hybridized carbons (Fsp3) is 0.818. The molecule has 0 aromatic carbocycles. The third-order valence-electron chi connectivity index (χ3n) is 2.45. The summed E-state index contributed by atoms with van der Waals surface area (Å²) in [7, 11) is 0. The molecule has 0 saturated carbocycles. The predicted octanol–water partition coefficient (Wildman–Crippen LogP) is 1.05. The van der Waals surface area contributed by atoms with Crippen molar-refractivity contribution < 1.29 is 19.2 Å². The number of hydrogen-bond acceptors (Lipinski definition) is 5. The van der Waals surface area contributed by atoms with E-state index in [4.69, 9.17) is 15.3 Å². The van der Waals surface area contributed by atoms with E-state index in [1.54, 1.807) is 20.8 Å². The summed E-state index contributed by atoms with van der Waals surface area (Å²) in [4.78, 5) is 27.3. The number of hydroxylamine groups is 2. The Labute approximate surface area is 101 Å². The van der Waals surface area contributed by atoms with E-state index >= 15 is 0 Å². The van der Waals surface area contributed by atoms with Gasteiger partial charge in [0.1, 0.15) is 5.60 Å². The summed E-state index contributed by atoms with van der Waals surface area (Å²) in [6.07, 6.45) is 0.506. The number of primary amides is 1. The molecule has 6 nitrogen and oxygen atoms in total. The Morgan fingerprint density at radius 3 is 2.18 bits per heavy atom. The molecule has 0 aromatic rings. The summed E-state index contributed by atoms with van der Waals surface area (Å²) in [5.74, 6) is -0.407. The lowest BCUT2D eigenvalue weighted by atomic mass is 9.97. The summed E-state index contributed by atoms with van der Waals surface area (Å²) in [5, 5.41) is 1.51. The zero-order valence-electron chi connectivity index (χ0n) is 10.6. The van der Waals surface area contributed by atoms with Crippen LogP contribution in [0.1, 0.15) is 33.6 Å². The normalized spacial score (nSPS) is 18.8. The summed E-state index contributed by atoms with van der Waals surface area (Å²) in [6.45, 7) is 6.33. The minimum atomic E-state index is -0.713. The molecule has 1 aliphatic rings. The highest BCUT2D eigenvalue weighted by Gasteiger charge is 2.27. The van der Waals surface area contributed by atoms with Crippen molar-refractivity contribution in [1.29, 1.82) is 0 Å². The van der Waals surface area contributed by atoms with E-state index in [1.165, 1.54) is 5.06 Å². The standard InChI is InChI=1S/C11H20N2O4/c1-11(2,3)16-10(15)17-13-6-4-8(5-7-13)9(12)14/h8H,4-7H2,1-3H3,(H2,12,14). The van der Waals surface area contributed by atoms with E-state index in [0.717, 1.165) is 0 Å². The van der Waals surface area contributed by atoms with Crippen LogP contribution in [-0.2, 0) is 14.4 Å². The topological polar surface area (TPSA) is 81.9 Å². The van der Waals surface area contributed by atoms with Crippen LogP contribution in [0, 0.1) is 5.92 Å². The average molecular weight is 244 g/mol. The number of nitrogens with zero attached hydrogens (tertiary/aromatic N) is 1. The number of nitrogens with two attached hydrogens (primary N) is 1. The Hall–Kier alpha value is -1.30. The van der Waals surface area contributed by atoms with Crippen LogP contribution < -0.4 is 5.73 Å². The predicted molar refractivity (Wildman–Crippen MR) is 60.8 cm³/mol. The van der Waals surface area contributed by atoms with Crippen molar-refractivity contribution in [3.05, 3.63) is 0 Å². The highest BCUT2D eigenvalue weighted by molar-refractivity contribution is 5.76. The van der Waals surface area contributed by atoms with Crippen molar-refractivity contribution in [2.24, 2.45) is 11.7 Å². The van der Waals surface area contributed by atoms with Crippen LogP contribution in [0.3, 0.4) is 0 Å². The first kappa shape index (κ1) is 13.8. The van der Waals surface area contributed by atoms with Gasteiger partial charge in [-0.1, -0.05) is 0 Å². The van der Waals surface area contributed by atoms with Crippen LogP contribution in [-0.4, -0.2) is 35.8 Å². The molecule has 0 radical (unpaired) electrons. The second-order valence-electron chi connectivity index (χ2n) is 5.16. The molecular formula is C11H20N2O4. The number of carbonyl (C=O) groups is 2. The lowest BCUT2D eigenvalue weighted by Gasteiger charge is -2.29. The molecule has 0 unspecified atom stereocenters. The molecule has 0 bridgehead atoms. The third-order valence-corrected chi connectivity index (χ3v) is 2.45. The van der Waals surface area contributed by atoms with E-state index in [1.807, 2.05) is 0 Å². The van der Waals surface area contributed by atoms with Crippen LogP contribution >= 0.6 is 0 Å². The zero-order valence-corrected chi connectivity index (χ0v) is 10.6. The smallest absolute Gasteiger partial charge is 0.427 e. The van der Waals surface area contributed by atoms with Crippen molar-refractivity contribution in [1.82, 2.24) is 5.06 Å². The van der Waals surface area contributed by atoms with Crippen molar-refractivity contribution in [3.8, 4) is 0 Å². The maximum Gasteiger partial charge on any atom is 0.528 e. The van der Waals surface area contributed by atoms with Gasteiger partial charge >= 0.3 is 6.16 Å². The van der Waals surface area contributed by atoms with Gasteiger partial charge in [0.05, 0.1) is 0 Å². The van der Waals surface area contributed by atoms with Crippen LogP contribution in [0.25, 0.3) is 0 Å². The molecule has 0 aliphatic carbocycles. The summed E-state index contributed by atoms with van der Waals surface area (Å²) >= 11 is 0. The molecule has 0 atom stereocenters. The van der Waals surface area contributed by atoms with Crippen LogP contribution in [0.2, 0.25) is 0 Å². The van der Waals surface area contributed by atoms with Gasteiger partial charge in [0.2, 0.25) is 5.91 Å². The number of rotatable bonds is 2. The maximum absolute atomic E-state index is 11.4. The second-order valence-corrected chi connectivity index (χ2v) is 5.16. The Morgan fingerprint density at radius 1 is 1.24 bits per heavy atom. The summed E-state index contributed by atoms with van der Waals surface area (Å²) in [5.41, 5.74) is 4.64. The van der Waals surface area contributed by atoms with E-state index < -0.39 is 11.8 Å². The van der Waals surface area contributed by atoms with Crippen molar-refractivity contribution in [2.75, 3.05) is 13.1 Å². The molecular weight excluding hydrogens is 224 g/mol. The van der Waals surface area contributed by atoms with Crippen molar-refractivity contribution in [3.63, 3.8) is 0 Å². The molecule has 17 heavy (non-hydrogen) atoms. The second kappa shape index (κ2) is 5.35. The largest absolute Gasteiger partial charge is 0.528 e. The number of carbonyl (C=O) groups excluding carboxylic acids is 2. The van der Waals surface area contributed by atoms with E-state index in [-0.39, 0.29) is 11.8 Å². The molecule has 1 saturated heterocycles. The molecule has 1 rings (SSSR count). The highest BCUT2D eigenvalue weighted by Crippen LogP contribution is 2.17. The van der Waals surface area contributed by atoms with Gasteiger partial charge in [-0.25, -0.2) is 4.79 Å². The van der Waals surface area contributed by atoms with Gasteiger partial charge in [-0.15, -0.1) is 5.06 Å². The molecule has 1 amide bonds. The minimum Gasteiger partial charge on any atom is -0.427 e. The van der Waals surface area contributed by atoms with Crippen LogP contribution in [0.4, 0.5) is 4.79 Å². The van der Waals surface area contributed by atoms with E-state index in [0.29, 0.717) is 25.9 Å². The minimum absolute atomic E-state index is 0.117. The first-order valence-corrected chi connectivity index (χ1v) is 5.73. The van der Waals surface area contributed by atoms with Crippen molar-refractivity contribution >= 4 is 12.1 Å². The van der Waals surface area contributed by atoms with Crippen LogP contribution in [0.15, 0.2) is 0 Å². The summed E-state index contributed by atoms with van der Waals surface area (Å²) < 4.78 is 5.02. The molecule has 0 aromatic heterocycles. The molecule has 98 valence electrons. The van der Waals surface area contributed by atoms with Gasteiger partial charge < -0.3 is 15.3 Å². The Kier molecular flexibility index (Phi) is 4.34. The van der Waals surface area contributed by atoms with Gasteiger partial charge in [-0.2, -0.15) is 0 Å². The first-order valence-electron chi connectivity index (χ1n) is 5.73. The van der Waals surface area contributed by atoms with E-state index in [2.05, 4.69) is 0 Å². The van der Waals surface area contributed by atoms with Crippen molar-refractivity contribution in [2.45, 2.75) is 39.2 Å². The van der Waals surface area contributed by atoms with Gasteiger partial charge in [0.15, 0.2) is 0 Å². The maximum atomic E-state index is 11.4. The fourth-order valence-electron chi connectivity index (χ4n) is 1.61. The third kappa shape index (κ3) is 5.04. The highest BCUT2D eigenvalue weighted by atomic mass is 16.8. The van der Waals surface area contributed by atoms with Crippen LogP contribution in [0.5, 0.6) is 0 Å². The molecule has 2 N–H and O–H groups in total. The average Bonchev–Trinajstić information content (AvgIpc) is 2.15. The monoisotopic (exact) mass is 244 g/mol. The lowest BCUT2D eigenvalue weighted by molar-refractivity contribution is -0.158. The van der Waals surface area contributed by atoms with Gasteiger partial charge in [0, 0.05) is 19.0 Å². The van der Waals surface area contributed by atoms with E-state index in [9.17, 15) is 9.59 Å². The SMILES string of the molecule is CC(C)(C)OC(=O)ON1CCC(C(N)=O)CC1. The zero-order chi connectivity index (χ0) is 13.1. The van der Waals surface area contributed by atoms with Gasteiger partial charge in [-0.05, 0) is 33.6 Å². The molecule has 6 heteroatoms. The Morgan fingerprint density at radius 2 is 1.76 bits per heavy atom.